The normalized spacial score (nSPS) is 35.2. The molecule has 244 valence electrons. The second kappa shape index (κ2) is 10.8. The third-order valence-corrected chi connectivity index (χ3v) is 10.5. The molecule has 44 heavy (non-hydrogen) atoms. The summed E-state index contributed by atoms with van der Waals surface area (Å²) in [4.78, 5) is 53.5. The van der Waals surface area contributed by atoms with Crippen molar-refractivity contribution in [3.63, 3.8) is 0 Å². The van der Waals surface area contributed by atoms with Crippen LogP contribution in [0.25, 0.3) is 0 Å². The fraction of sp³-hybridized carbons (Fsp3) is 0.697. The van der Waals surface area contributed by atoms with Gasteiger partial charge < -0.3 is 36.8 Å². The molecule has 0 spiro atoms. The number of rotatable bonds is 5. The Balaban J connectivity index is 1.89. The van der Waals surface area contributed by atoms with E-state index < -0.39 is 75.6 Å². The van der Waals surface area contributed by atoms with Crippen LogP contribution in [0.2, 0.25) is 0 Å². The van der Waals surface area contributed by atoms with Gasteiger partial charge >= 0.3 is 6.03 Å². The van der Waals surface area contributed by atoms with Crippen LogP contribution in [-0.2, 0) is 16.0 Å². The Morgan fingerprint density at radius 2 is 1.70 bits per heavy atom. The number of nitrogens with one attached hydrogen (secondary N) is 2. The molecule has 8 N–H and O–H groups in total. The van der Waals surface area contributed by atoms with Gasteiger partial charge in [-0.05, 0) is 58.6 Å². The number of fused-ring (bicyclic) bond motifs is 3. The SMILES string of the molecule is CC(C)c1cc(NC(=O)NCC(C)(C)C)c(O)c2c1C[C@]1(C)C[C@]3(C)[C@@H](C(C)C)C(O)[C@@H](C(N)=O)C(=O)[C@]3(O)C(O)[C@H]1C2=O. The smallest absolute Gasteiger partial charge is 0.319 e. The maximum atomic E-state index is 14.5. The quantitative estimate of drug-likeness (QED) is 0.194. The van der Waals surface area contributed by atoms with Crippen molar-refractivity contribution in [3.05, 3.63) is 22.8 Å². The number of aromatic hydroxyl groups is 1. The Hall–Kier alpha value is -3.02. The molecule has 2 saturated carbocycles. The van der Waals surface area contributed by atoms with Gasteiger partial charge in [0.2, 0.25) is 5.91 Å². The third kappa shape index (κ3) is 4.91. The molecule has 3 aliphatic rings. The van der Waals surface area contributed by atoms with Crippen LogP contribution in [0.1, 0.15) is 96.1 Å². The summed E-state index contributed by atoms with van der Waals surface area (Å²) in [5.41, 5.74) is 1.57. The number of primary amides is 1. The molecule has 3 aliphatic carbocycles. The van der Waals surface area contributed by atoms with Crippen LogP contribution in [0.3, 0.4) is 0 Å². The van der Waals surface area contributed by atoms with E-state index in [1.807, 2.05) is 41.5 Å². The van der Waals surface area contributed by atoms with E-state index in [1.54, 1.807) is 26.8 Å². The van der Waals surface area contributed by atoms with Crippen molar-refractivity contribution < 1.29 is 39.6 Å². The molecule has 4 rings (SSSR count). The van der Waals surface area contributed by atoms with Gasteiger partial charge in [0.25, 0.3) is 0 Å². The van der Waals surface area contributed by atoms with Crippen LogP contribution >= 0.6 is 0 Å². The molecule has 0 aromatic heterocycles. The molecule has 0 radical (unpaired) electrons. The van der Waals surface area contributed by atoms with Crippen molar-refractivity contribution in [1.29, 1.82) is 0 Å². The topological polar surface area (TPSA) is 199 Å². The molecule has 0 aliphatic heterocycles. The first-order valence-corrected chi connectivity index (χ1v) is 15.4. The van der Waals surface area contributed by atoms with Crippen LogP contribution in [0.15, 0.2) is 6.07 Å². The summed E-state index contributed by atoms with van der Waals surface area (Å²) in [6.45, 7) is 17.1. The van der Waals surface area contributed by atoms with E-state index in [0.29, 0.717) is 12.1 Å². The van der Waals surface area contributed by atoms with Crippen molar-refractivity contribution in [2.75, 3.05) is 11.9 Å². The molecule has 3 amide bonds. The van der Waals surface area contributed by atoms with E-state index >= 15 is 0 Å². The zero-order valence-electron chi connectivity index (χ0n) is 27.2. The summed E-state index contributed by atoms with van der Waals surface area (Å²) < 4.78 is 0. The van der Waals surface area contributed by atoms with Crippen molar-refractivity contribution in [3.8, 4) is 5.75 Å². The number of nitrogens with two attached hydrogens (primary N) is 1. The third-order valence-electron chi connectivity index (χ3n) is 10.5. The molecule has 11 heteroatoms. The molecule has 2 fully saturated rings. The number of carbonyl (C=O) groups is 4. The van der Waals surface area contributed by atoms with E-state index in [0.717, 1.165) is 5.56 Å². The van der Waals surface area contributed by atoms with E-state index in [1.165, 1.54) is 0 Å². The van der Waals surface area contributed by atoms with Crippen molar-refractivity contribution >= 4 is 29.2 Å². The summed E-state index contributed by atoms with van der Waals surface area (Å²) in [6.07, 6.45) is -3.18. The lowest BCUT2D eigenvalue weighted by Crippen LogP contribution is -2.79. The van der Waals surface area contributed by atoms with Gasteiger partial charge in [-0.2, -0.15) is 0 Å². The van der Waals surface area contributed by atoms with Gasteiger partial charge in [0.1, 0.15) is 17.8 Å². The van der Waals surface area contributed by atoms with Gasteiger partial charge in [-0.3, -0.25) is 14.4 Å². The summed E-state index contributed by atoms with van der Waals surface area (Å²) in [6, 6.07) is 1.09. The average Bonchev–Trinajstić information content (AvgIpc) is 2.85. The minimum absolute atomic E-state index is 0.0233. The number of hydrogen-bond donors (Lipinski definition) is 7. The molecule has 11 nitrogen and oxygen atoms in total. The Bertz CT molecular complexity index is 1400. The molecular weight excluding hydrogens is 566 g/mol. The van der Waals surface area contributed by atoms with E-state index in [2.05, 4.69) is 10.6 Å². The minimum Gasteiger partial charge on any atom is -0.505 e. The lowest BCUT2D eigenvalue weighted by Gasteiger charge is -2.66. The molecule has 2 unspecified atom stereocenters. The zero-order valence-corrected chi connectivity index (χ0v) is 27.2. The second-order valence-electron chi connectivity index (χ2n) is 15.7. The molecule has 1 aromatic carbocycles. The van der Waals surface area contributed by atoms with Crippen LogP contribution in [0, 0.1) is 39.9 Å². The van der Waals surface area contributed by atoms with Gasteiger partial charge in [0.05, 0.1) is 23.3 Å². The Labute approximate surface area is 259 Å². The Morgan fingerprint density at radius 1 is 1.11 bits per heavy atom. The number of carbonyl (C=O) groups excluding carboxylic acids is 4. The van der Waals surface area contributed by atoms with Gasteiger partial charge in [0, 0.05) is 12.0 Å². The highest BCUT2D eigenvalue weighted by Crippen LogP contribution is 2.66. The predicted molar refractivity (Wildman–Crippen MR) is 164 cm³/mol. The maximum Gasteiger partial charge on any atom is 0.319 e. The number of aliphatic hydroxyl groups excluding tert-OH is 2. The number of ketones is 2. The summed E-state index contributed by atoms with van der Waals surface area (Å²) in [5.74, 6) is -7.74. The fourth-order valence-electron chi connectivity index (χ4n) is 8.75. The highest BCUT2D eigenvalue weighted by molar-refractivity contribution is 6.10. The number of Topliss-reactive ketones (excluding diaryl/α,β-unsaturated/α-hetero) is 2. The molecule has 8 atom stereocenters. The highest BCUT2D eigenvalue weighted by Gasteiger charge is 2.76. The lowest BCUT2D eigenvalue weighted by molar-refractivity contribution is -0.265. The minimum atomic E-state index is -2.59. The van der Waals surface area contributed by atoms with Gasteiger partial charge in [-0.1, -0.05) is 62.3 Å². The van der Waals surface area contributed by atoms with Crippen LogP contribution in [0.5, 0.6) is 5.75 Å². The fourth-order valence-corrected chi connectivity index (χ4v) is 8.75. The first-order valence-electron chi connectivity index (χ1n) is 15.4. The van der Waals surface area contributed by atoms with Crippen LogP contribution in [-0.4, -0.2) is 68.3 Å². The van der Waals surface area contributed by atoms with Gasteiger partial charge in [-0.15, -0.1) is 0 Å². The Kier molecular flexibility index (Phi) is 8.32. The number of anilines is 1. The zero-order chi connectivity index (χ0) is 33.5. The van der Waals surface area contributed by atoms with Gasteiger partial charge in [0.15, 0.2) is 17.2 Å². The summed E-state index contributed by atoms with van der Waals surface area (Å²) >= 11 is 0. The molecular formula is C33H49N3O8. The number of amides is 3. The summed E-state index contributed by atoms with van der Waals surface area (Å²) in [5, 5.41) is 52.4. The monoisotopic (exact) mass is 615 g/mol. The van der Waals surface area contributed by atoms with Crippen LogP contribution in [0.4, 0.5) is 10.5 Å². The number of aliphatic hydroxyl groups is 3. The lowest BCUT2D eigenvalue weighted by atomic mass is 9.39. The summed E-state index contributed by atoms with van der Waals surface area (Å²) in [7, 11) is 0. The highest BCUT2D eigenvalue weighted by atomic mass is 16.4. The number of hydrogen-bond acceptors (Lipinski definition) is 8. The molecule has 0 bridgehead atoms. The first-order chi connectivity index (χ1) is 20.0. The molecule has 1 aromatic rings. The van der Waals surface area contributed by atoms with E-state index in [-0.39, 0.29) is 41.3 Å². The number of urea groups is 1. The number of phenols is 1. The standard InChI is InChI=1S/C33H49N3O8/c1-14(2)16-10-18(36-29(43)35-13-30(5,6)7)23(37)19-17(16)11-31(8)12-32(9)21(15(3)4)25(39)20(28(34)42)26(40)33(32,44)27(41)22(31)24(19)38/h10,14-15,20-22,25,27,37,39,41,44H,11-13H2,1-9H3,(H2,34,42)(H2,35,36,43)/t20-,21+,22-,25?,27?,31-,32-,33+/m1/s1. The number of benzene rings is 1. The van der Waals surface area contributed by atoms with Crippen molar-refractivity contribution in [1.82, 2.24) is 5.32 Å². The van der Waals surface area contributed by atoms with Crippen molar-refractivity contribution in [2.45, 2.75) is 98.9 Å². The first kappa shape index (κ1) is 33.9. The van der Waals surface area contributed by atoms with Crippen LogP contribution < -0.4 is 16.4 Å². The second-order valence-corrected chi connectivity index (χ2v) is 15.7. The van der Waals surface area contributed by atoms with E-state index in [9.17, 15) is 39.6 Å². The average molecular weight is 616 g/mol. The predicted octanol–water partition coefficient (Wildman–Crippen LogP) is 2.86. The van der Waals surface area contributed by atoms with E-state index in [4.69, 9.17) is 5.73 Å². The van der Waals surface area contributed by atoms with Crippen molar-refractivity contribution in [2.24, 2.45) is 45.7 Å². The molecule has 0 saturated heterocycles. The Morgan fingerprint density at radius 3 is 2.20 bits per heavy atom. The maximum absolute atomic E-state index is 14.5. The van der Waals surface area contributed by atoms with Gasteiger partial charge in [-0.25, -0.2) is 4.79 Å². The molecule has 0 heterocycles. The largest absolute Gasteiger partial charge is 0.505 e. The number of phenolic OH excluding ortho intramolecular Hbond substituents is 1.